The van der Waals surface area contributed by atoms with E-state index in [4.69, 9.17) is 0 Å². The Morgan fingerprint density at radius 2 is 1.70 bits per heavy atom. The average Bonchev–Trinajstić information content (AvgIpc) is 2.60. The summed E-state index contributed by atoms with van der Waals surface area (Å²) in [5.41, 5.74) is 0. The summed E-state index contributed by atoms with van der Waals surface area (Å²) in [6.07, 6.45) is 5.82. The minimum absolute atomic E-state index is 0.947. The van der Waals surface area contributed by atoms with Crippen LogP contribution in [0.25, 0.3) is 0 Å². The van der Waals surface area contributed by atoms with Gasteiger partial charge in [-0.25, -0.2) is 0 Å². The predicted octanol–water partition coefficient (Wildman–Crippen LogP) is 1.88. The second kappa shape index (κ2) is 2.23. The van der Waals surface area contributed by atoms with Gasteiger partial charge in [0.15, 0.2) is 0 Å². The zero-order valence-corrected chi connectivity index (χ0v) is 7.01. The minimum atomic E-state index is 0.947. The van der Waals surface area contributed by atoms with Gasteiger partial charge in [-0.3, -0.25) is 0 Å². The van der Waals surface area contributed by atoms with Crippen LogP contribution in [0, 0.1) is 5.92 Å². The van der Waals surface area contributed by atoms with Gasteiger partial charge in [-0.15, -0.1) is 0 Å². The van der Waals surface area contributed by atoms with Crippen LogP contribution in [-0.2, 0) is 0 Å². The third-order valence-electron chi connectivity index (χ3n) is 3.05. The lowest BCUT2D eigenvalue weighted by Crippen LogP contribution is -2.42. The van der Waals surface area contributed by atoms with E-state index in [9.17, 15) is 0 Å². The van der Waals surface area contributed by atoms with Crippen LogP contribution in [-0.4, -0.2) is 24.0 Å². The first-order valence-electron chi connectivity index (χ1n) is 4.49. The van der Waals surface area contributed by atoms with Crippen LogP contribution in [0.2, 0.25) is 0 Å². The van der Waals surface area contributed by atoms with E-state index in [2.05, 4.69) is 18.9 Å². The summed E-state index contributed by atoms with van der Waals surface area (Å²) >= 11 is 0. The summed E-state index contributed by atoms with van der Waals surface area (Å²) in [7, 11) is 2.30. The summed E-state index contributed by atoms with van der Waals surface area (Å²) in [6.45, 7) is 2.36. The molecule has 0 saturated heterocycles. The Morgan fingerprint density at radius 1 is 1.10 bits per heavy atom. The van der Waals surface area contributed by atoms with Crippen LogP contribution in [0.5, 0.6) is 0 Å². The van der Waals surface area contributed by atoms with E-state index >= 15 is 0 Å². The lowest BCUT2D eigenvalue weighted by Gasteiger charge is -2.39. The zero-order valence-electron chi connectivity index (χ0n) is 7.01. The molecule has 1 heteroatoms. The highest BCUT2D eigenvalue weighted by molar-refractivity contribution is 4.91. The first-order chi connectivity index (χ1) is 4.77. The van der Waals surface area contributed by atoms with Crippen molar-refractivity contribution in [2.45, 2.75) is 44.7 Å². The Bertz CT molecular complexity index is 123. The molecule has 0 atom stereocenters. The molecule has 0 heterocycles. The SMILES string of the molecule is CC1CC(N(C)C2CC2)C1. The van der Waals surface area contributed by atoms with E-state index in [1.165, 1.54) is 25.7 Å². The topological polar surface area (TPSA) is 3.24 Å². The van der Waals surface area contributed by atoms with E-state index in [0.29, 0.717) is 0 Å². The van der Waals surface area contributed by atoms with Gasteiger partial charge in [0.05, 0.1) is 0 Å². The maximum atomic E-state index is 2.60. The predicted molar refractivity (Wildman–Crippen MR) is 43.0 cm³/mol. The molecule has 58 valence electrons. The number of hydrogen-bond acceptors (Lipinski definition) is 1. The third-order valence-corrected chi connectivity index (χ3v) is 3.05. The van der Waals surface area contributed by atoms with E-state index < -0.39 is 0 Å². The smallest absolute Gasteiger partial charge is 0.0100 e. The highest BCUT2D eigenvalue weighted by Crippen LogP contribution is 2.36. The molecule has 2 rings (SSSR count). The normalized spacial score (nSPS) is 39.9. The molecule has 0 N–H and O–H groups in total. The fraction of sp³-hybridized carbons (Fsp3) is 1.00. The molecule has 2 fully saturated rings. The molecule has 0 bridgehead atoms. The zero-order chi connectivity index (χ0) is 7.14. The van der Waals surface area contributed by atoms with Crippen LogP contribution >= 0.6 is 0 Å². The van der Waals surface area contributed by atoms with Gasteiger partial charge in [0.25, 0.3) is 0 Å². The first-order valence-corrected chi connectivity index (χ1v) is 4.49. The van der Waals surface area contributed by atoms with Crippen molar-refractivity contribution in [3.8, 4) is 0 Å². The summed E-state index contributed by atoms with van der Waals surface area (Å²) in [5.74, 6) is 1.01. The second-order valence-electron chi connectivity index (χ2n) is 4.13. The molecule has 0 aromatic rings. The molecule has 10 heavy (non-hydrogen) atoms. The molecule has 0 amide bonds. The first kappa shape index (κ1) is 6.66. The summed E-state index contributed by atoms with van der Waals surface area (Å²) in [5, 5.41) is 0. The van der Waals surface area contributed by atoms with Gasteiger partial charge in [-0.2, -0.15) is 0 Å². The molecule has 0 aromatic carbocycles. The van der Waals surface area contributed by atoms with Crippen molar-refractivity contribution in [1.29, 1.82) is 0 Å². The van der Waals surface area contributed by atoms with Crippen molar-refractivity contribution in [2.75, 3.05) is 7.05 Å². The van der Waals surface area contributed by atoms with Crippen molar-refractivity contribution < 1.29 is 0 Å². The van der Waals surface area contributed by atoms with Gasteiger partial charge < -0.3 is 4.90 Å². The van der Waals surface area contributed by atoms with Crippen molar-refractivity contribution in [1.82, 2.24) is 4.90 Å². The number of rotatable bonds is 2. The maximum absolute atomic E-state index is 2.60. The van der Waals surface area contributed by atoms with Gasteiger partial charge in [-0.05, 0) is 38.6 Å². The van der Waals surface area contributed by atoms with Gasteiger partial charge in [-0.1, -0.05) is 6.92 Å². The second-order valence-corrected chi connectivity index (χ2v) is 4.13. The number of hydrogen-bond donors (Lipinski definition) is 0. The van der Waals surface area contributed by atoms with Gasteiger partial charge in [0.1, 0.15) is 0 Å². The Hall–Kier alpha value is -0.0400. The largest absolute Gasteiger partial charge is 0.300 e. The molecule has 0 radical (unpaired) electrons. The molecule has 0 aliphatic heterocycles. The van der Waals surface area contributed by atoms with Crippen molar-refractivity contribution >= 4 is 0 Å². The molecule has 0 aromatic heterocycles. The van der Waals surface area contributed by atoms with Gasteiger partial charge in [0, 0.05) is 12.1 Å². The minimum Gasteiger partial charge on any atom is -0.300 e. The Kier molecular flexibility index (Phi) is 1.48. The molecule has 2 aliphatic carbocycles. The molecule has 2 aliphatic rings. The fourth-order valence-electron chi connectivity index (χ4n) is 1.97. The lowest BCUT2D eigenvalue weighted by molar-refractivity contribution is 0.104. The van der Waals surface area contributed by atoms with Crippen LogP contribution in [0.4, 0.5) is 0 Å². The summed E-state index contributed by atoms with van der Waals surface area (Å²) < 4.78 is 0. The van der Waals surface area contributed by atoms with E-state index in [-0.39, 0.29) is 0 Å². The van der Waals surface area contributed by atoms with Crippen molar-refractivity contribution in [2.24, 2.45) is 5.92 Å². The highest BCUT2D eigenvalue weighted by atomic mass is 15.2. The molecular formula is C9H17N. The van der Waals surface area contributed by atoms with Crippen LogP contribution < -0.4 is 0 Å². The number of nitrogens with zero attached hydrogens (tertiary/aromatic N) is 1. The monoisotopic (exact) mass is 139 g/mol. The van der Waals surface area contributed by atoms with E-state index in [1.807, 2.05) is 0 Å². The lowest BCUT2D eigenvalue weighted by atomic mass is 9.81. The molecule has 0 spiro atoms. The Morgan fingerprint density at radius 3 is 2.10 bits per heavy atom. The van der Waals surface area contributed by atoms with Crippen molar-refractivity contribution in [3.63, 3.8) is 0 Å². The van der Waals surface area contributed by atoms with Crippen LogP contribution in [0.1, 0.15) is 32.6 Å². The van der Waals surface area contributed by atoms with Gasteiger partial charge in [0.2, 0.25) is 0 Å². The Labute approximate surface area is 63.4 Å². The Balaban J connectivity index is 1.77. The van der Waals surface area contributed by atoms with Crippen LogP contribution in [0.15, 0.2) is 0 Å². The molecule has 1 nitrogen and oxygen atoms in total. The van der Waals surface area contributed by atoms with Crippen molar-refractivity contribution in [3.05, 3.63) is 0 Å². The quantitative estimate of drug-likeness (QED) is 0.564. The van der Waals surface area contributed by atoms with Crippen LogP contribution in [0.3, 0.4) is 0 Å². The average molecular weight is 139 g/mol. The standard InChI is InChI=1S/C9H17N/c1-7-5-9(6-7)10(2)8-3-4-8/h7-9H,3-6H2,1-2H3. The van der Waals surface area contributed by atoms with Gasteiger partial charge >= 0.3 is 0 Å². The molecule has 2 saturated carbocycles. The summed E-state index contributed by atoms with van der Waals surface area (Å²) in [6, 6.07) is 1.92. The molecular weight excluding hydrogens is 122 g/mol. The molecule has 0 unspecified atom stereocenters. The fourth-order valence-corrected chi connectivity index (χ4v) is 1.97. The van der Waals surface area contributed by atoms with E-state index in [1.54, 1.807) is 0 Å². The summed E-state index contributed by atoms with van der Waals surface area (Å²) in [4.78, 5) is 2.60. The third kappa shape index (κ3) is 1.07. The van der Waals surface area contributed by atoms with E-state index in [0.717, 1.165) is 18.0 Å². The highest BCUT2D eigenvalue weighted by Gasteiger charge is 2.36. The maximum Gasteiger partial charge on any atom is 0.0100 e.